The Kier molecular flexibility index (Phi) is 4.57. The predicted octanol–water partition coefficient (Wildman–Crippen LogP) is 2.29. The van der Waals surface area contributed by atoms with Crippen LogP contribution in [0, 0.1) is 5.92 Å². The second-order valence-electron chi connectivity index (χ2n) is 3.98. The first-order chi connectivity index (χ1) is 6.99. The van der Waals surface area contributed by atoms with E-state index < -0.39 is 12.6 Å². The largest absolute Gasteiger partial charge is 0.389 e. The standard InChI is InChI=1S/C10H16F3NO/c11-10(12,13)5-1-4-9(15)8-3-2-6-14-7-8/h8,14H,1-7H2. The molecule has 1 aliphatic rings. The molecule has 1 fully saturated rings. The van der Waals surface area contributed by atoms with E-state index in [1.54, 1.807) is 0 Å². The third-order valence-corrected chi connectivity index (χ3v) is 2.64. The summed E-state index contributed by atoms with van der Waals surface area (Å²) in [5, 5.41) is 3.08. The molecule has 1 rings (SSSR count). The van der Waals surface area contributed by atoms with E-state index in [-0.39, 0.29) is 24.5 Å². The lowest BCUT2D eigenvalue weighted by molar-refractivity contribution is -0.137. The van der Waals surface area contributed by atoms with E-state index in [4.69, 9.17) is 0 Å². The summed E-state index contributed by atoms with van der Waals surface area (Å²) in [6.07, 6.45) is -3.23. The second kappa shape index (κ2) is 5.49. The van der Waals surface area contributed by atoms with Crippen molar-refractivity contribution in [1.82, 2.24) is 5.32 Å². The van der Waals surface area contributed by atoms with Gasteiger partial charge >= 0.3 is 6.18 Å². The molecule has 0 spiro atoms. The van der Waals surface area contributed by atoms with Gasteiger partial charge in [-0.05, 0) is 25.8 Å². The number of halogens is 3. The van der Waals surface area contributed by atoms with Crippen LogP contribution in [0.25, 0.3) is 0 Å². The molecule has 0 aromatic heterocycles. The summed E-state index contributed by atoms with van der Waals surface area (Å²) in [6.45, 7) is 1.54. The highest BCUT2D eigenvalue weighted by Gasteiger charge is 2.27. The fourth-order valence-electron chi connectivity index (χ4n) is 1.79. The van der Waals surface area contributed by atoms with Crippen molar-refractivity contribution in [3.8, 4) is 0 Å². The Morgan fingerprint density at radius 3 is 2.67 bits per heavy atom. The molecule has 15 heavy (non-hydrogen) atoms. The van der Waals surface area contributed by atoms with Crippen molar-refractivity contribution < 1.29 is 18.0 Å². The Morgan fingerprint density at radius 2 is 2.13 bits per heavy atom. The zero-order valence-electron chi connectivity index (χ0n) is 8.57. The summed E-state index contributed by atoms with van der Waals surface area (Å²) in [6, 6.07) is 0. The maximum atomic E-state index is 11.8. The first-order valence-electron chi connectivity index (χ1n) is 5.29. The minimum atomic E-state index is -4.13. The molecule has 1 saturated heterocycles. The number of piperidine rings is 1. The van der Waals surface area contributed by atoms with Crippen LogP contribution in [-0.2, 0) is 4.79 Å². The van der Waals surface area contributed by atoms with Gasteiger partial charge in [-0.15, -0.1) is 0 Å². The minimum absolute atomic E-state index is 0.0218. The molecule has 88 valence electrons. The minimum Gasteiger partial charge on any atom is -0.316 e. The van der Waals surface area contributed by atoms with Crippen LogP contribution in [0.1, 0.15) is 32.1 Å². The number of Topliss-reactive ketones (excluding diaryl/α,β-unsaturated/α-hetero) is 1. The van der Waals surface area contributed by atoms with Crippen molar-refractivity contribution in [3.05, 3.63) is 0 Å². The summed E-state index contributed by atoms with van der Waals surface area (Å²) in [4.78, 5) is 11.5. The third kappa shape index (κ3) is 5.16. The maximum Gasteiger partial charge on any atom is 0.389 e. The fourth-order valence-corrected chi connectivity index (χ4v) is 1.79. The fraction of sp³-hybridized carbons (Fsp3) is 0.900. The molecule has 0 radical (unpaired) electrons. The van der Waals surface area contributed by atoms with E-state index in [0.29, 0.717) is 6.54 Å². The molecule has 0 saturated carbocycles. The Hall–Kier alpha value is -0.580. The van der Waals surface area contributed by atoms with Crippen LogP contribution in [0.3, 0.4) is 0 Å². The Labute approximate surface area is 87.2 Å². The number of rotatable bonds is 4. The average molecular weight is 223 g/mol. The maximum absolute atomic E-state index is 11.8. The van der Waals surface area contributed by atoms with Crippen molar-refractivity contribution in [2.45, 2.75) is 38.3 Å². The number of carbonyl (C=O) groups excluding carboxylic acids is 1. The number of alkyl halides is 3. The monoisotopic (exact) mass is 223 g/mol. The molecule has 1 aliphatic heterocycles. The van der Waals surface area contributed by atoms with Gasteiger partial charge in [-0.1, -0.05) is 0 Å². The van der Waals surface area contributed by atoms with E-state index in [0.717, 1.165) is 19.4 Å². The second-order valence-corrected chi connectivity index (χ2v) is 3.98. The van der Waals surface area contributed by atoms with Crippen molar-refractivity contribution >= 4 is 5.78 Å². The van der Waals surface area contributed by atoms with Gasteiger partial charge in [-0.25, -0.2) is 0 Å². The lowest BCUT2D eigenvalue weighted by atomic mass is 9.92. The van der Waals surface area contributed by atoms with Crippen LogP contribution >= 0.6 is 0 Å². The molecule has 1 heterocycles. The number of ketones is 1. The van der Waals surface area contributed by atoms with Gasteiger partial charge in [-0.3, -0.25) is 4.79 Å². The van der Waals surface area contributed by atoms with Crippen molar-refractivity contribution in [2.75, 3.05) is 13.1 Å². The van der Waals surface area contributed by atoms with Gasteiger partial charge in [0.25, 0.3) is 0 Å². The Balaban J connectivity index is 2.17. The van der Waals surface area contributed by atoms with Crippen LogP contribution in [-0.4, -0.2) is 25.0 Å². The van der Waals surface area contributed by atoms with Gasteiger partial charge in [0.15, 0.2) is 0 Å². The van der Waals surface area contributed by atoms with Gasteiger partial charge in [0, 0.05) is 25.3 Å². The highest BCUT2D eigenvalue weighted by atomic mass is 19.4. The smallest absolute Gasteiger partial charge is 0.316 e. The number of hydrogen-bond acceptors (Lipinski definition) is 2. The quantitative estimate of drug-likeness (QED) is 0.792. The van der Waals surface area contributed by atoms with Gasteiger partial charge < -0.3 is 5.32 Å². The third-order valence-electron chi connectivity index (χ3n) is 2.64. The molecule has 0 aromatic rings. The molecule has 0 amide bonds. The topological polar surface area (TPSA) is 29.1 Å². The van der Waals surface area contributed by atoms with Crippen LogP contribution in [0.2, 0.25) is 0 Å². The zero-order valence-corrected chi connectivity index (χ0v) is 8.57. The summed E-state index contributed by atoms with van der Waals surface area (Å²) in [5.74, 6) is -0.0848. The molecule has 2 nitrogen and oxygen atoms in total. The molecular formula is C10H16F3NO. The zero-order chi connectivity index (χ0) is 11.3. The molecular weight excluding hydrogens is 207 g/mol. The number of nitrogens with one attached hydrogen (secondary N) is 1. The molecule has 0 aliphatic carbocycles. The SMILES string of the molecule is O=C(CCCC(F)(F)F)C1CCCNC1. The van der Waals surface area contributed by atoms with Crippen LogP contribution in [0.5, 0.6) is 0 Å². The van der Waals surface area contributed by atoms with Crippen LogP contribution in [0.15, 0.2) is 0 Å². The highest BCUT2D eigenvalue weighted by Crippen LogP contribution is 2.23. The Morgan fingerprint density at radius 1 is 1.40 bits per heavy atom. The Bertz CT molecular complexity index is 209. The molecule has 1 unspecified atom stereocenters. The molecule has 1 N–H and O–H groups in total. The van der Waals surface area contributed by atoms with E-state index >= 15 is 0 Å². The first-order valence-corrected chi connectivity index (χ1v) is 5.29. The van der Waals surface area contributed by atoms with E-state index in [9.17, 15) is 18.0 Å². The summed E-state index contributed by atoms with van der Waals surface area (Å²) in [7, 11) is 0. The molecule has 1 atom stereocenters. The van der Waals surface area contributed by atoms with E-state index in [1.165, 1.54) is 0 Å². The first kappa shape index (κ1) is 12.5. The molecule has 5 heteroatoms. The van der Waals surface area contributed by atoms with Gasteiger partial charge in [0.05, 0.1) is 0 Å². The predicted molar refractivity (Wildman–Crippen MR) is 50.5 cm³/mol. The van der Waals surface area contributed by atoms with Crippen molar-refractivity contribution in [1.29, 1.82) is 0 Å². The normalized spacial score (nSPS) is 22.7. The van der Waals surface area contributed by atoms with Gasteiger partial charge in [0.2, 0.25) is 0 Å². The summed E-state index contributed by atoms with van der Waals surface area (Å²) in [5.41, 5.74) is 0. The molecule has 0 aromatic carbocycles. The van der Waals surface area contributed by atoms with Gasteiger partial charge in [0.1, 0.15) is 5.78 Å². The lowest BCUT2D eigenvalue weighted by Crippen LogP contribution is -2.34. The van der Waals surface area contributed by atoms with Crippen LogP contribution < -0.4 is 5.32 Å². The summed E-state index contributed by atoms with van der Waals surface area (Å²) >= 11 is 0. The van der Waals surface area contributed by atoms with E-state index in [1.807, 2.05) is 0 Å². The van der Waals surface area contributed by atoms with Crippen LogP contribution in [0.4, 0.5) is 13.2 Å². The molecule has 0 bridgehead atoms. The van der Waals surface area contributed by atoms with Crippen molar-refractivity contribution in [2.24, 2.45) is 5.92 Å². The number of carbonyl (C=O) groups is 1. The average Bonchev–Trinajstić information content (AvgIpc) is 2.17. The van der Waals surface area contributed by atoms with E-state index in [2.05, 4.69) is 5.32 Å². The van der Waals surface area contributed by atoms with Crippen molar-refractivity contribution in [3.63, 3.8) is 0 Å². The lowest BCUT2D eigenvalue weighted by Gasteiger charge is -2.21. The van der Waals surface area contributed by atoms with Gasteiger partial charge in [-0.2, -0.15) is 13.2 Å². The summed E-state index contributed by atoms with van der Waals surface area (Å²) < 4.78 is 35.5. The number of hydrogen-bond donors (Lipinski definition) is 1. The highest BCUT2D eigenvalue weighted by molar-refractivity contribution is 5.81.